The minimum absolute atomic E-state index is 0.0277. The van der Waals surface area contributed by atoms with E-state index in [4.69, 9.17) is 5.73 Å². The molecule has 84 valence electrons. The molecule has 0 radical (unpaired) electrons. The number of rotatable bonds is 4. The number of pyridine rings is 1. The van der Waals surface area contributed by atoms with Crippen LogP contribution < -0.4 is 5.73 Å². The van der Waals surface area contributed by atoms with E-state index in [1.165, 1.54) is 5.56 Å². The first-order valence-corrected chi connectivity index (χ1v) is 5.42. The summed E-state index contributed by atoms with van der Waals surface area (Å²) in [5, 5.41) is 0. The Morgan fingerprint density at radius 1 is 1.31 bits per heavy atom. The van der Waals surface area contributed by atoms with E-state index in [-0.39, 0.29) is 6.04 Å². The fourth-order valence-corrected chi connectivity index (χ4v) is 1.70. The van der Waals surface area contributed by atoms with E-state index >= 15 is 0 Å². The van der Waals surface area contributed by atoms with E-state index in [1.807, 2.05) is 44.0 Å². The third-order valence-electron chi connectivity index (χ3n) is 2.60. The van der Waals surface area contributed by atoms with Crippen LogP contribution in [0.2, 0.25) is 0 Å². The standard InChI is InChI=1S/C12H16N4/c1-10(13)12-8-15-9-16(12)7-4-11-2-5-14-6-3-11/h2-3,5-6,8-10H,4,7,13H2,1H3/t10-/m1/s1. The molecule has 0 saturated heterocycles. The van der Waals surface area contributed by atoms with Crippen molar-refractivity contribution in [2.75, 3.05) is 0 Å². The fourth-order valence-electron chi connectivity index (χ4n) is 1.70. The van der Waals surface area contributed by atoms with Crippen LogP contribution in [0.25, 0.3) is 0 Å². The summed E-state index contributed by atoms with van der Waals surface area (Å²) in [6.45, 7) is 2.88. The van der Waals surface area contributed by atoms with Crippen molar-refractivity contribution in [2.24, 2.45) is 5.73 Å². The maximum atomic E-state index is 5.86. The van der Waals surface area contributed by atoms with Crippen molar-refractivity contribution >= 4 is 0 Å². The first kappa shape index (κ1) is 10.8. The zero-order valence-corrected chi connectivity index (χ0v) is 9.37. The molecule has 4 nitrogen and oxygen atoms in total. The second-order valence-corrected chi connectivity index (χ2v) is 3.91. The van der Waals surface area contributed by atoms with Crippen LogP contribution in [0.3, 0.4) is 0 Å². The summed E-state index contributed by atoms with van der Waals surface area (Å²) in [6.07, 6.45) is 8.27. The second kappa shape index (κ2) is 4.90. The lowest BCUT2D eigenvalue weighted by Crippen LogP contribution is -2.12. The lowest BCUT2D eigenvalue weighted by Gasteiger charge is -2.10. The van der Waals surface area contributed by atoms with Gasteiger partial charge in [-0.2, -0.15) is 0 Å². The minimum atomic E-state index is 0.0277. The van der Waals surface area contributed by atoms with Crippen LogP contribution >= 0.6 is 0 Å². The summed E-state index contributed by atoms with van der Waals surface area (Å²) in [6, 6.07) is 4.09. The van der Waals surface area contributed by atoms with Crippen molar-refractivity contribution in [2.45, 2.75) is 25.9 Å². The summed E-state index contributed by atoms with van der Waals surface area (Å²) in [5.74, 6) is 0. The van der Waals surface area contributed by atoms with Crippen LogP contribution in [0, 0.1) is 0 Å². The molecule has 0 amide bonds. The highest BCUT2D eigenvalue weighted by atomic mass is 15.1. The Labute approximate surface area is 95.1 Å². The van der Waals surface area contributed by atoms with Crippen molar-refractivity contribution in [3.05, 3.63) is 48.3 Å². The fraction of sp³-hybridized carbons (Fsp3) is 0.333. The van der Waals surface area contributed by atoms with E-state index in [0.717, 1.165) is 18.7 Å². The van der Waals surface area contributed by atoms with E-state index < -0.39 is 0 Å². The van der Waals surface area contributed by atoms with E-state index in [0.29, 0.717) is 0 Å². The minimum Gasteiger partial charge on any atom is -0.333 e. The van der Waals surface area contributed by atoms with Gasteiger partial charge in [-0.1, -0.05) is 0 Å². The van der Waals surface area contributed by atoms with Gasteiger partial charge in [-0.25, -0.2) is 4.98 Å². The molecule has 2 rings (SSSR count). The maximum absolute atomic E-state index is 5.86. The number of aryl methyl sites for hydroxylation is 2. The quantitative estimate of drug-likeness (QED) is 0.843. The monoisotopic (exact) mass is 216 g/mol. The molecular weight excluding hydrogens is 200 g/mol. The molecule has 1 atom stereocenters. The molecule has 0 spiro atoms. The lowest BCUT2D eigenvalue weighted by molar-refractivity contribution is 0.623. The Bertz CT molecular complexity index is 433. The predicted octanol–water partition coefficient (Wildman–Crippen LogP) is 1.54. The third-order valence-corrected chi connectivity index (χ3v) is 2.60. The first-order chi connectivity index (χ1) is 7.77. The SMILES string of the molecule is C[C@@H](N)c1cncn1CCc1ccncc1. The Morgan fingerprint density at radius 2 is 2.06 bits per heavy atom. The number of hydrogen-bond acceptors (Lipinski definition) is 3. The molecule has 0 aromatic carbocycles. The summed E-state index contributed by atoms with van der Waals surface area (Å²) < 4.78 is 2.10. The normalized spacial score (nSPS) is 12.6. The smallest absolute Gasteiger partial charge is 0.0948 e. The summed E-state index contributed by atoms with van der Waals surface area (Å²) in [7, 11) is 0. The van der Waals surface area contributed by atoms with Crippen LogP contribution in [0.5, 0.6) is 0 Å². The highest BCUT2D eigenvalue weighted by Gasteiger charge is 2.05. The lowest BCUT2D eigenvalue weighted by atomic mass is 10.2. The van der Waals surface area contributed by atoms with Crippen molar-refractivity contribution in [3.8, 4) is 0 Å². The van der Waals surface area contributed by atoms with Crippen molar-refractivity contribution in [1.29, 1.82) is 0 Å². The summed E-state index contributed by atoms with van der Waals surface area (Å²) in [5.41, 5.74) is 8.21. The molecule has 16 heavy (non-hydrogen) atoms. The van der Waals surface area contributed by atoms with Gasteiger partial charge in [0.15, 0.2) is 0 Å². The molecule has 2 aromatic heterocycles. The van der Waals surface area contributed by atoms with Crippen molar-refractivity contribution in [1.82, 2.24) is 14.5 Å². The van der Waals surface area contributed by atoms with Crippen LogP contribution in [0.4, 0.5) is 0 Å². The van der Waals surface area contributed by atoms with Gasteiger partial charge in [-0.05, 0) is 31.0 Å². The highest BCUT2D eigenvalue weighted by molar-refractivity contribution is 5.10. The molecule has 0 saturated carbocycles. The topological polar surface area (TPSA) is 56.7 Å². The van der Waals surface area contributed by atoms with E-state index in [1.54, 1.807) is 0 Å². The maximum Gasteiger partial charge on any atom is 0.0948 e. The first-order valence-electron chi connectivity index (χ1n) is 5.42. The average molecular weight is 216 g/mol. The molecular formula is C12H16N4. The van der Waals surface area contributed by atoms with Gasteiger partial charge >= 0.3 is 0 Å². The molecule has 0 unspecified atom stereocenters. The number of hydrogen-bond donors (Lipinski definition) is 1. The molecule has 4 heteroatoms. The van der Waals surface area contributed by atoms with Crippen LogP contribution in [-0.4, -0.2) is 14.5 Å². The Balaban J connectivity index is 2.02. The van der Waals surface area contributed by atoms with Gasteiger partial charge in [-0.15, -0.1) is 0 Å². The molecule has 0 aliphatic heterocycles. The van der Waals surface area contributed by atoms with E-state index in [9.17, 15) is 0 Å². The molecule has 0 fully saturated rings. The zero-order valence-electron chi connectivity index (χ0n) is 9.37. The summed E-state index contributed by atoms with van der Waals surface area (Å²) >= 11 is 0. The summed E-state index contributed by atoms with van der Waals surface area (Å²) in [4.78, 5) is 8.12. The van der Waals surface area contributed by atoms with Gasteiger partial charge in [0.05, 0.1) is 12.0 Å². The number of aromatic nitrogens is 3. The van der Waals surface area contributed by atoms with Gasteiger partial charge in [-0.3, -0.25) is 4.98 Å². The van der Waals surface area contributed by atoms with E-state index in [2.05, 4.69) is 14.5 Å². The average Bonchev–Trinajstić information content (AvgIpc) is 2.76. The molecule has 2 N–H and O–H groups in total. The van der Waals surface area contributed by atoms with Crippen LogP contribution in [-0.2, 0) is 13.0 Å². The number of nitrogens with zero attached hydrogens (tertiary/aromatic N) is 3. The van der Waals surface area contributed by atoms with Gasteiger partial charge in [0.1, 0.15) is 0 Å². The molecule has 0 bridgehead atoms. The van der Waals surface area contributed by atoms with Crippen molar-refractivity contribution < 1.29 is 0 Å². The Hall–Kier alpha value is -1.68. The zero-order chi connectivity index (χ0) is 11.4. The van der Waals surface area contributed by atoms with Gasteiger partial charge in [0.25, 0.3) is 0 Å². The van der Waals surface area contributed by atoms with Crippen molar-refractivity contribution in [3.63, 3.8) is 0 Å². The van der Waals surface area contributed by atoms with Gasteiger partial charge in [0, 0.05) is 31.2 Å². The van der Waals surface area contributed by atoms with Gasteiger partial charge < -0.3 is 10.3 Å². The molecule has 0 aliphatic rings. The second-order valence-electron chi connectivity index (χ2n) is 3.91. The predicted molar refractivity (Wildman–Crippen MR) is 62.8 cm³/mol. The number of imidazole rings is 1. The molecule has 0 aliphatic carbocycles. The molecule has 2 aromatic rings. The van der Waals surface area contributed by atoms with Crippen LogP contribution in [0.15, 0.2) is 37.1 Å². The third kappa shape index (κ3) is 2.46. The Morgan fingerprint density at radius 3 is 2.75 bits per heavy atom. The number of nitrogens with two attached hydrogens (primary N) is 1. The highest BCUT2D eigenvalue weighted by Crippen LogP contribution is 2.09. The molecule has 2 heterocycles. The van der Waals surface area contributed by atoms with Gasteiger partial charge in [0.2, 0.25) is 0 Å². The largest absolute Gasteiger partial charge is 0.333 e. The van der Waals surface area contributed by atoms with Crippen LogP contribution in [0.1, 0.15) is 24.2 Å². The Kier molecular flexibility index (Phi) is 3.31.